The smallest absolute Gasteiger partial charge is 0.276 e. The fourth-order valence-corrected chi connectivity index (χ4v) is 2.02. The third-order valence-electron chi connectivity index (χ3n) is 3.17. The number of aromatic nitrogens is 2. The van der Waals surface area contributed by atoms with Crippen molar-refractivity contribution >= 4 is 11.5 Å². The minimum absolute atomic E-state index is 0.0242. The number of rotatable bonds is 4. The van der Waals surface area contributed by atoms with E-state index in [-0.39, 0.29) is 5.69 Å². The zero-order valence-corrected chi connectivity index (χ0v) is 12.3. The van der Waals surface area contributed by atoms with Crippen molar-refractivity contribution in [3.05, 3.63) is 45.3 Å². The van der Waals surface area contributed by atoms with Gasteiger partial charge in [-0.05, 0) is 32.4 Å². The van der Waals surface area contributed by atoms with Crippen LogP contribution in [0, 0.1) is 30.9 Å². The standard InChI is InChI=1S/C14H16N4O3/c1-8-5-9(2)12(6-11(8)18(19)20)21-14-10(3)13(15-4)16-7-17-14/h5-7H,1-4H3,(H,15,16,17). The zero-order chi connectivity index (χ0) is 15.6. The average Bonchev–Trinajstić information content (AvgIpc) is 2.43. The van der Waals surface area contributed by atoms with Crippen LogP contribution < -0.4 is 10.1 Å². The van der Waals surface area contributed by atoms with Gasteiger partial charge in [0.25, 0.3) is 5.69 Å². The minimum atomic E-state index is -0.423. The van der Waals surface area contributed by atoms with Crippen molar-refractivity contribution in [2.24, 2.45) is 0 Å². The summed E-state index contributed by atoms with van der Waals surface area (Å²) in [6, 6.07) is 3.15. The Morgan fingerprint density at radius 3 is 2.52 bits per heavy atom. The van der Waals surface area contributed by atoms with Crippen molar-refractivity contribution in [2.45, 2.75) is 20.8 Å². The van der Waals surface area contributed by atoms with Gasteiger partial charge in [-0.1, -0.05) is 0 Å². The van der Waals surface area contributed by atoms with Gasteiger partial charge in [0.05, 0.1) is 16.6 Å². The molecule has 21 heavy (non-hydrogen) atoms. The lowest BCUT2D eigenvalue weighted by Gasteiger charge is -2.12. The van der Waals surface area contributed by atoms with E-state index in [9.17, 15) is 10.1 Å². The number of nitro benzene ring substituents is 1. The van der Waals surface area contributed by atoms with Crippen LogP contribution in [0.2, 0.25) is 0 Å². The molecule has 2 aromatic rings. The molecule has 0 aliphatic carbocycles. The highest BCUT2D eigenvalue weighted by molar-refractivity contribution is 5.53. The summed E-state index contributed by atoms with van der Waals surface area (Å²) in [6.07, 6.45) is 1.38. The van der Waals surface area contributed by atoms with Gasteiger partial charge >= 0.3 is 0 Å². The number of hydrogen-bond donors (Lipinski definition) is 1. The van der Waals surface area contributed by atoms with E-state index in [2.05, 4.69) is 15.3 Å². The van der Waals surface area contributed by atoms with Crippen molar-refractivity contribution in [2.75, 3.05) is 12.4 Å². The Balaban J connectivity index is 2.45. The maximum absolute atomic E-state index is 11.0. The van der Waals surface area contributed by atoms with Crippen LogP contribution >= 0.6 is 0 Å². The van der Waals surface area contributed by atoms with E-state index in [0.29, 0.717) is 23.0 Å². The number of nitro groups is 1. The van der Waals surface area contributed by atoms with Crippen LogP contribution in [-0.2, 0) is 0 Å². The SMILES string of the molecule is CNc1ncnc(Oc2cc([N+](=O)[O-])c(C)cc2C)c1C. The van der Waals surface area contributed by atoms with E-state index in [1.54, 1.807) is 20.0 Å². The molecule has 7 nitrogen and oxygen atoms in total. The van der Waals surface area contributed by atoms with Crippen LogP contribution in [0.5, 0.6) is 11.6 Å². The molecule has 0 saturated heterocycles. The Kier molecular flexibility index (Phi) is 4.02. The first-order chi connectivity index (χ1) is 9.93. The van der Waals surface area contributed by atoms with Crippen LogP contribution in [0.3, 0.4) is 0 Å². The van der Waals surface area contributed by atoms with Gasteiger partial charge in [-0.15, -0.1) is 0 Å². The highest BCUT2D eigenvalue weighted by atomic mass is 16.6. The number of aryl methyl sites for hydroxylation is 2. The molecule has 0 fully saturated rings. The number of hydrogen-bond acceptors (Lipinski definition) is 6. The monoisotopic (exact) mass is 288 g/mol. The summed E-state index contributed by atoms with van der Waals surface area (Å²) in [5, 5.41) is 14.0. The lowest BCUT2D eigenvalue weighted by molar-refractivity contribution is -0.385. The zero-order valence-electron chi connectivity index (χ0n) is 12.3. The van der Waals surface area contributed by atoms with Crippen LogP contribution in [0.25, 0.3) is 0 Å². The second-order valence-electron chi connectivity index (χ2n) is 4.67. The molecule has 0 atom stereocenters. The first-order valence-corrected chi connectivity index (χ1v) is 6.37. The first-order valence-electron chi connectivity index (χ1n) is 6.37. The molecule has 0 spiro atoms. The summed E-state index contributed by atoms with van der Waals surface area (Å²) in [5.41, 5.74) is 2.17. The van der Waals surface area contributed by atoms with E-state index >= 15 is 0 Å². The molecule has 2 rings (SSSR count). The van der Waals surface area contributed by atoms with Gasteiger partial charge in [0.2, 0.25) is 5.88 Å². The summed E-state index contributed by atoms with van der Waals surface area (Å²) >= 11 is 0. The van der Waals surface area contributed by atoms with Crippen LogP contribution in [0.15, 0.2) is 18.5 Å². The molecule has 1 N–H and O–H groups in total. The summed E-state index contributed by atoms with van der Waals surface area (Å²) in [6.45, 7) is 5.35. The van der Waals surface area contributed by atoms with Gasteiger partial charge in [-0.2, -0.15) is 0 Å². The largest absolute Gasteiger partial charge is 0.438 e. The molecule has 0 bridgehead atoms. The predicted octanol–water partition coefficient (Wildman–Crippen LogP) is 3.14. The van der Waals surface area contributed by atoms with Crippen LogP contribution in [0.1, 0.15) is 16.7 Å². The molecule has 1 heterocycles. The summed E-state index contributed by atoms with van der Waals surface area (Å²) < 4.78 is 5.73. The van der Waals surface area contributed by atoms with E-state index in [4.69, 9.17) is 4.74 Å². The normalized spacial score (nSPS) is 10.3. The molecule has 110 valence electrons. The predicted molar refractivity (Wildman–Crippen MR) is 79.0 cm³/mol. The number of nitrogens with one attached hydrogen (secondary N) is 1. The Hall–Kier alpha value is -2.70. The Bertz CT molecular complexity index is 701. The molecule has 0 radical (unpaired) electrons. The Morgan fingerprint density at radius 2 is 1.90 bits per heavy atom. The highest BCUT2D eigenvalue weighted by Gasteiger charge is 2.16. The van der Waals surface area contributed by atoms with Gasteiger partial charge in [-0.25, -0.2) is 9.97 Å². The molecular weight excluding hydrogens is 272 g/mol. The number of ether oxygens (including phenoxy) is 1. The average molecular weight is 288 g/mol. The fraction of sp³-hybridized carbons (Fsp3) is 0.286. The quantitative estimate of drug-likeness (QED) is 0.686. The topological polar surface area (TPSA) is 90.2 Å². The van der Waals surface area contributed by atoms with Crippen molar-refractivity contribution in [3.8, 4) is 11.6 Å². The lowest BCUT2D eigenvalue weighted by atomic mass is 10.1. The summed E-state index contributed by atoms with van der Waals surface area (Å²) in [5.74, 6) is 1.44. The summed E-state index contributed by atoms with van der Waals surface area (Å²) in [7, 11) is 1.75. The first kappa shape index (κ1) is 14.7. The molecule has 0 saturated carbocycles. The van der Waals surface area contributed by atoms with Gasteiger partial charge in [-0.3, -0.25) is 10.1 Å². The van der Waals surface area contributed by atoms with Crippen LogP contribution in [-0.4, -0.2) is 21.9 Å². The molecule has 7 heteroatoms. The molecule has 0 aliphatic rings. The van der Waals surface area contributed by atoms with E-state index in [0.717, 1.165) is 11.1 Å². The van der Waals surface area contributed by atoms with Gasteiger partial charge < -0.3 is 10.1 Å². The third kappa shape index (κ3) is 2.91. The third-order valence-corrected chi connectivity index (χ3v) is 3.17. The molecule has 0 amide bonds. The van der Waals surface area contributed by atoms with Gasteiger partial charge in [0.15, 0.2) is 0 Å². The molecule has 1 aromatic heterocycles. The minimum Gasteiger partial charge on any atom is -0.438 e. The Morgan fingerprint density at radius 1 is 1.19 bits per heavy atom. The second-order valence-corrected chi connectivity index (χ2v) is 4.67. The van der Waals surface area contributed by atoms with E-state index < -0.39 is 4.92 Å². The van der Waals surface area contributed by atoms with Gasteiger partial charge in [0, 0.05) is 12.6 Å². The maximum atomic E-state index is 11.0. The Labute approximate surface area is 122 Å². The highest BCUT2D eigenvalue weighted by Crippen LogP contribution is 2.32. The second kappa shape index (κ2) is 5.74. The number of benzene rings is 1. The van der Waals surface area contributed by atoms with E-state index in [1.807, 2.05) is 13.8 Å². The molecular formula is C14H16N4O3. The number of anilines is 1. The van der Waals surface area contributed by atoms with Crippen molar-refractivity contribution in [1.29, 1.82) is 0 Å². The van der Waals surface area contributed by atoms with Crippen molar-refractivity contribution in [1.82, 2.24) is 9.97 Å². The molecule has 0 aliphatic heterocycles. The molecule has 0 unspecified atom stereocenters. The van der Waals surface area contributed by atoms with Crippen LogP contribution in [0.4, 0.5) is 11.5 Å². The van der Waals surface area contributed by atoms with Crippen molar-refractivity contribution < 1.29 is 9.66 Å². The lowest BCUT2D eigenvalue weighted by Crippen LogP contribution is -2.01. The van der Waals surface area contributed by atoms with Crippen molar-refractivity contribution in [3.63, 3.8) is 0 Å². The maximum Gasteiger partial charge on any atom is 0.276 e. The molecule has 1 aromatic carbocycles. The van der Waals surface area contributed by atoms with E-state index in [1.165, 1.54) is 12.4 Å². The number of nitrogens with zero attached hydrogens (tertiary/aromatic N) is 3. The summed E-state index contributed by atoms with van der Waals surface area (Å²) in [4.78, 5) is 18.7. The van der Waals surface area contributed by atoms with Gasteiger partial charge in [0.1, 0.15) is 17.9 Å². The fourth-order valence-electron chi connectivity index (χ4n) is 2.02.